The van der Waals surface area contributed by atoms with Crippen molar-refractivity contribution in [3.8, 4) is 0 Å². The van der Waals surface area contributed by atoms with Crippen molar-refractivity contribution in [2.75, 3.05) is 19.8 Å². The summed E-state index contributed by atoms with van der Waals surface area (Å²) in [6.07, 6.45) is 1.83. The first-order chi connectivity index (χ1) is 7.47. The molecule has 1 aromatic rings. The molecular weight excluding hydrogens is 198 g/mol. The van der Waals surface area contributed by atoms with Gasteiger partial charge >= 0.3 is 0 Å². The molecule has 1 aromatic heterocycles. The van der Waals surface area contributed by atoms with E-state index in [1.165, 1.54) is 0 Å². The number of nitrogen functional groups attached to an aromatic ring is 1. The van der Waals surface area contributed by atoms with Crippen molar-refractivity contribution >= 4 is 11.3 Å². The monoisotopic (exact) mass is 217 g/mol. The molecule has 0 aliphatic heterocycles. The van der Waals surface area contributed by atoms with Crippen molar-refractivity contribution in [2.45, 2.75) is 13.8 Å². The number of anilines is 1. The number of aryl methyl sites for hydroxylation is 1. The van der Waals surface area contributed by atoms with Crippen LogP contribution in [-0.2, 0) is 0 Å². The van der Waals surface area contributed by atoms with Gasteiger partial charge < -0.3 is 10.6 Å². The van der Waals surface area contributed by atoms with Gasteiger partial charge in [0.2, 0.25) is 0 Å². The summed E-state index contributed by atoms with van der Waals surface area (Å²) in [7, 11) is 4.01. The quantitative estimate of drug-likeness (QED) is 0.791. The fourth-order valence-corrected chi connectivity index (χ4v) is 1.40. The highest BCUT2D eigenvalue weighted by Crippen LogP contribution is 2.21. The van der Waals surface area contributed by atoms with Crippen LogP contribution in [0.5, 0.6) is 0 Å². The van der Waals surface area contributed by atoms with E-state index in [1.54, 1.807) is 0 Å². The smallest absolute Gasteiger partial charge is 0.0723 e. The van der Waals surface area contributed by atoms with E-state index in [1.807, 2.05) is 51.1 Å². The Morgan fingerprint density at radius 2 is 2.06 bits per heavy atom. The van der Waals surface area contributed by atoms with E-state index in [0.717, 1.165) is 28.3 Å². The zero-order chi connectivity index (χ0) is 12.3. The van der Waals surface area contributed by atoms with Gasteiger partial charge in [0, 0.05) is 25.4 Å². The van der Waals surface area contributed by atoms with Gasteiger partial charge in [0.25, 0.3) is 0 Å². The topological polar surface area (TPSA) is 42.1 Å². The second kappa shape index (κ2) is 4.84. The molecule has 0 spiro atoms. The fourth-order valence-electron chi connectivity index (χ4n) is 1.40. The highest BCUT2D eigenvalue weighted by atomic mass is 15.1. The third-order valence-electron chi connectivity index (χ3n) is 2.67. The second-order valence-corrected chi connectivity index (χ2v) is 3.97. The molecule has 3 heteroatoms. The van der Waals surface area contributed by atoms with Crippen LogP contribution in [0.1, 0.15) is 18.3 Å². The largest absolute Gasteiger partial charge is 0.397 e. The average Bonchev–Trinajstić information content (AvgIpc) is 2.24. The Morgan fingerprint density at radius 3 is 2.50 bits per heavy atom. The summed E-state index contributed by atoms with van der Waals surface area (Å²) < 4.78 is 0. The third kappa shape index (κ3) is 2.42. The van der Waals surface area contributed by atoms with Crippen LogP contribution in [0.25, 0.3) is 5.57 Å². The molecule has 0 saturated carbocycles. The summed E-state index contributed by atoms with van der Waals surface area (Å²) in [5.74, 6) is 0. The van der Waals surface area contributed by atoms with Crippen molar-refractivity contribution < 1.29 is 0 Å². The van der Waals surface area contributed by atoms with Gasteiger partial charge in [-0.05, 0) is 26.0 Å². The number of rotatable bonds is 3. The molecule has 0 bridgehead atoms. The summed E-state index contributed by atoms with van der Waals surface area (Å²) >= 11 is 0. The summed E-state index contributed by atoms with van der Waals surface area (Å²) in [5.41, 5.74) is 10.4. The lowest BCUT2D eigenvalue weighted by molar-refractivity contribution is 0.516. The zero-order valence-electron chi connectivity index (χ0n) is 10.4. The molecular formula is C13H19N3. The van der Waals surface area contributed by atoms with Gasteiger partial charge in [-0.15, -0.1) is 0 Å². The zero-order valence-corrected chi connectivity index (χ0v) is 10.4. The first-order valence-electron chi connectivity index (χ1n) is 5.21. The highest BCUT2D eigenvalue weighted by Gasteiger charge is 2.06. The second-order valence-electron chi connectivity index (χ2n) is 3.97. The molecule has 1 heterocycles. The Hall–Kier alpha value is -1.77. The fraction of sp³-hybridized carbons (Fsp3) is 0.308. The molecule has 0 aliphatic carbocycles. The Labute approximate surface area is 97.3 Å². The van der Waals surface area contributed by atoms with Crippen molar-refractivity contribution in [1.82, 2.24) is 9.88 Å². The van der Waals surface area contributed by atoms with Gasteiger partial charge in [-0.25, -0.2) is 0 Å². The maximum atomic E-state index is 5.75. The molecule has 0 fully saturated rings. The van der Waals surface area contributed by atoms with Crippen LogP contribution in [-0.4, -0.2) is 24.0 Å². The molecule has 3 nitrogen and oxygen atoms in total. The van der Waals surface area contributed by atoms with Crippen LogP contribution in [0.4, 0.5) is 5.69 Å². The van der Waals surface area contributed by atoms with Gasteiger partial charge in [-0.3, -0.25) is 4.98 Å². The lowest BCUT2D eigenvalue weighted by atomic mass is 10.1. The van der Waals surface area contributed by atoms with Crippen LogP contribution in [0.2, 0.25) is 0 Å². The molecule has 2 N–H and O–H groups in total. The van der Waals surface area contributed by atoms with Crippen LogP contribution < -0.4 is 5.73 Å². The predicted octanol–water partition coefficient (Wildman–Crippen LogP) is 2.45. The van der Waals surface area contributed by atoms with E-state index in [-0.39, 0.29) is 0 Å². The highest BCUT2D eigenvalue weighted by molar-refractivity contribution is 5.74. The molecule has 0 saturated heterocycles. The van der Waals surface area contributed by atoms with E-state index in [2.05, 4.69) is 11.6 Å². The van der Waals surface area contributed by atoms with Crippen LogP contribution in [0, 0.1) is 6.92 Å². The molecule has 0 atom stereocenters. The number of hydrogen-bond acceptors (Lipinski definition) is 3. The van der Waals surface area contributed by atoms with E-state index >= 15 is 0 Å². The summed E-state index contributed by atoms with van der Waals surface area (Å²) in [4.78, 5) is 6.51. The van der Waals surface area contributed by atoms with Crippen LogP contribution in [0.3, 0.4) is 0 Å². The van der Waals surface area contributed by atoms with E-state index in [9.17, 15) is 0 Å². The van der Waals surface area contributed by atoms with Crippen LogP contribution in [0.15, 0.2) is 30.5 Å². The van der Waals surface area contributed by atoms with E-state index in [0.29, 0.717) is 0 Å². The van der Waals surface area contributed by atoms with Crippen molar-refractivity contribution in [3.63, 3.8) is 0 Å². The predicted molar refractivity (Wildman–Crippen MR) is 69.9 cm³/mol. The van der Waals surface area contributed by atoms with E-state index < -0.39 is 0 Å². The Morgan fingerprint density at radius 1 is 1.44 bits per heavy atom. The SMILES string of the molecule is C=C/C(=C(/C)N(C)C)c1ccc(N)c(C)n1. The first kappa shape index (κ1) is 12.3. The molecule has 0 aromatic carbocycles. The summed E-state index contributed by atoms with van der Waals surface area (Å²) in [6.45, 7) is 7.79. The molecule has 0 amide bonds. The average molecular weight is 217 g/mol. The number of aromatic nitrogens is 1. The van der Waals surface area contributed by atoms with Gasteiger partial charge in [-0.1, -0.05) is 12.7 Å². The Bertz CT molecular complexity index is 431. The van der Waals surface area contributed by atoms with Crippen LogP contribution >= 0.6 is 0 Å². The number of allylic oxidation sites excluding steroid dienone is 3. The number of hydrogen-bond donors (Lipinski definition) is 1. The Balaban J connectivity index is 3.30. The number of pyridine rings is 1. The lowest BCUT2D eigenvalue weighted by Gasteiger charge is -2.17. The standard InChI is InChI=1S/C13H19N3/c1-6-11(10(3)16(4)5)13-8-7-12(14)9(2)15-13/h6-8H,1,14H2,2-5H3/b11-10+. The molecule has 86 valence electrons. The maximum Gasteiger partial charge on any atom is 0.0723 e. The van der Waals surface area contributed by atoms with Crippen molar-refractivity contribution in [2.24, 2.45) is 0 Å². The van der Waals surface area contributed by atoms with E-state index in [4.69, 9.17) is 5.73 Å². The minimum Gasteiger partial charge on any atom is -0.397 e. The van der Waals surface area contributed by atoms with Gasteiger partial charge in [0.1, 0.15) is 0 Å². The minimum atomic E-state index is 0.717. The molecule has 0 unspecified atom stereocenters. The van der Waals surface area contributed by atoms with Gasteiger partial charge in [0.15, 0.2) is 0 Å². The molecule has 0 aliphatic rings. The number of nitrogens with two attached hydrogens (primary N) is 1. The normalized spacial score (nSPS) is 12.0. The first-order valence-corrected chi connectivity index (χ1v) is 5.21. The maximum absolute atomic E-state index is 5.75. The third-order valence-corrected chi connectivity index (χ3v) is 2.67. The molecule has 0 radical (unpaired) electrons. The van der Waals surface area contributed by atoms with Crippen molar-refractivity contribution in [1.29, 1.82) is 0 Å². The minimum absolute atomic E-state index is 0.717. The Kier molecular flexibility index (Phi) is 3.72. The molecule has 16 heavy (non-hydrogen) atoms. The van der Waals surface area contributed by atoms with Crippen molar-refractivity contribution in [3.05, 3.63) is 41.9 Å². The summed E-state index contributed by atoms with van der Waals surface area (Å²) in [5, 5.41) is 0. The number of nitrogens with zero attached hydrogens (tertiary/aromatic N) is 2. The summed E-state index contributed by atoms with van der Waals surface area (Å²) in [6, 6.07) is 3.80. The van der Waals surface area contributed by atoms with Gasteiger partial charge in [-0.2, -0.15) is 0 Å². The molecule has 1 rings (SSSR count). The lowest BCUT2D eigenvalue weighted by Crippen LogP contribution is -2.10. The van der Waals surface area contributed by atoms with Gasteiger partial charge in [0.05, 0.1) is 17.1 Å².